The molecule has 20 heavy (non-hydrogen) atoms. The molecule has 1 aliphatic rings. The van der Waals surface area contributed by atoms with Crippen LogP contribution in [0.4, 0.5) is 18.9 Å². The monoisotopic (exact) mass is 284 g/mol. The van der Waals surface area contributed by atoms with Crippen LogP contribution >= 0.6 is 0 Å². The average molecular weight is 284 g/mol. The first-order valence-corrected chi connectivity index (χ1v) is 6.37. The summed E-state index contributed by atoms with van der Waals surface area (Å²) >= 11 is 0. The van der Waals surface area contributed by atoms with Crippen LogP contribution in [0.15, 0.2) is 18.2 Å². The van der Waals surface area contributed by atoms with E-state index in [9.17, 15) is 18.3 Å². The molecule has 0 saturated heterocycles. The first-order valence-electron chi connectivity index (χ1n) is 6.37. The molecule has 0 aliphatic heterocycles. The minimum Gasteiger partial charge on any atom is -0.389 e. The molecule has 0 aromatic heterocycles. The molecule has 0 unspecified atom stereocenters. The molecule has 0 amide bonds. The molecule has 0 bridgehead atoms. The van der Waals surface area contributed by atoms with Crippen molar-refractivity contribution in [3.63, 3.8) is 0 Å². The Morgan fingerprint density at radius 3 is 2.55 bits per heavy atom. The summed E-state index contributed by atoms with van der Waals surface area (Å²) in [6, 6.07) is 6.20. The molecule has 0 spiro atoms. The summed E-state index contributed by atoms with van der Waals surface area (Å²) in [5.41, 5.74) is 1.01. The predicted octanol–water partition coefficient (Wildman–Crippen LogP) is 3.14. The number of halogens is 3. The van der Waals surface area contributed by atoms with Gasteiger partial charge in [0, 0.05) is 17.3 Å². The highest BCUT2D eigenvalue weighted by Crippen LogP contribution is 2.38. The highest BCUT2D eigenvalue weighted by atomic mass is 19.4. The van der Waals surface area contributed by atoms with Crippen molar-refractivity contribution in [2.45, 2.75) is 38.1 Å². The fourth-order valence-corrected chi connectivity index (χ4v) is 2.21. The van der Waals surface area contributed by atoms with Gasteiger partial charge in [-0.05, 0) is 31.9 Å². The van der Waals surface area contributed by atoms with Crippen LogP contribution in [0, 0.1) is 11.3 Å². The van der Waals surface area contributed by atoms with Gasteiger partial charge in [0.1, 0.15) is 6.54 Å². The lowest BCUT2D eigenvalue weighted by Crippen LogP contribution is -2.36. The van der Waals surface area contributed by atoms with E-state index in [0.717, 1.165) is 0 Å². The van der Waals surface area contributed by atoms with Crippen molar-refractivity contribution in [2.75, 3.05) is 11.4 Å². The van der Waals surface area contributed by atoms with Gasteiger partial charge in [-0.2, -0.15) is 18.4 Å². The quantitative estimate of drug-likeness (QED) is 0.924. The van der Waals surface area contributed by atoms with Gasteiger partial charge in [0.05, 0.1) is 17.7 Å². The summed E-state index contributed by atoms with van der Waals surface area (Å²) in [4.78, 5) is 1.25. The first kappa shape index (κ1) is 14.7. The normalized spacial score (nSPS) is 16.6. The van der Waals surface area contributed by atoms with E-state index in [1.807, 2.05) is 6.07 Å². The van der Waals surface area contributed by atoms with Gasteiger partial charge < -0.3 is 10.0 Å². The molecular weight excluding hydrogens is 269 g/mol. The van der Waals surface area contributed by atoms with Crippen molar-refractivity contribution in [3.05, 3.63) is 29.3 Å². The van der Waals surface area contributed by atoms with Gasteiger partial charge >= 0.3 is 6.18 Å². The molecule has 6 heteroatoms. The lowest BCUT2D eigenvalue weighted by Gasteiger charge is -2.29. The van der Waals surface area contributed by atoms with Crippen molar-refractivity contribution >= 4 is 5.69 Å². The number of nitriles is 1. The summed E-state index contributed by atoms with van der Waals surface area (Å²) < 4.78 is 38.2. The molecule has 3 nitrogen and oxygen atoms in total. The van der Waals surface area contributed by atoms with E-state index < -0.39 is 18.8 Å². The molecular formula is C14H15F3N2O. The van der Waals surface area contributed by atoms with Crippen molar-refractivity contribution in [3.8, 4) is 6.07 Å². The number of benzene rings is 1. The Morgan fingerprint density at radius 1 is 1.45 bits per heavy atom. The topological polar surface area (TPSA) is 47.3 Å². The van der Waals surface area contributed by atoms with Gasteiger partial charge in [0.25, 0.3) is 0 Å². The Hall–Kier alpha value is -1.74. The third-order valence-electron chi connectivity index (χ3n) is 3.26. The van der Waals surface area contributed by atoms with Crippen LogP contribution in [0.3, 0.4) is 0 Å². The maximum Gasteiger partial charge on any atom is 0.405 e. The standard InChI is InChI=1S/C14H15F3N2O/c1-9(20)12-5-2-10(7-18)6-13(12)19(11-3-4-11)8-14(15,16)17/h2,5-6,9,11,20H,3-4,8H2,1H3/t9-/m0/s1. The first-order chi connectivity index (χ1) is 9.31. The van der Waals surface area contributed by atoms with Crippen LogP contribution in [0.2, 0.25) is 0 Å². The summed E-state index contributed by atoms with van der Waals surface area (Å²) in [6.45, 7) is 0.440. The number of rotatable bonds is 4. The maximum absolute atomic E-state index is 12.7. The average Bonchev–Trinajstić information content (AvgIpc) is 3.18. The number of hydrogen-bond donors (Lipinski definition) is 1. The van der Waals surface area contributed by atoms with Gasteiger partial charge in [0.2, 0.25) is 0 Å². The Morgan fingerprint density at radius 2 is 2.10 bits per heavy atom. The highest BCUT2D eigenvalue weighted by molar-refractivity contribution is 5.60. The molecule has 108 valence electrons. The Kier molecular flexibility index (Phi) is 3.91. The summed E-state index contributed by atoms with van der Waals surface area (Å²) in [5.74, 6) is 0. The van der Waals surface area contributed by atoms with E-state index in [2.05, 4.69) is 0 Å². The number of aliphatic hydroxyl groups is 1. The van der Waals surface area contributed by atoms with Crippen molar-refractivity contribution in [1.82, 2.24) is 0 Å². The number of anilines is 1. The molecule has 0 radical (unpaired) electrons. The minimum absolute atomic E-state index is 0.164. The van der Waals surface area contributed by atoms with Crippen molar-refractivity contribution < 1.29 is 18.3 Å². The van der Waals surface area contributed by atoms with Crippen LogP contribution in [-0.4, -0.2) is 23.9 Å². The van der Waals surface area contributed by atoms with Crippen LogP contribution in [0.1, 0.15) is 37.0 Å². The molecule has 1 fully saturated rings. The number of aliphatic hydroxyl groups excluding tert-OH is 1. The second kappa shape index (κ2) is 5.33. The zero-order valence-corrected chi connectivity index (χ0v) is 11.0. The van der Waals surface area contributed by atoms with E-state index in [0.29, 0.717) is 24.1 Å². The summed E-state index contributed by atoms with van der Waals surface area (Å²) in [5, 5.41) is 18.6. The second-order valence-electron chi connectivity index (χ2n) is 5.04. The number of hydrogen-bond acceptors (Lipinski definition) is 3. The molecule has 2 rings (SSSR count). The minimum atomic E-state index is -4.32. The number of alkyl halides is 3. The predicted molar refractivity (Wildman–Crippen MR) is 68.2 cm³/mol. The zero-order chi connectivity index (χ0) is 14.9. The molecule has 0 heterocycles. The third kappa shape index (κ3) is 3.42. The molecule has 1 N–H and O–H groups in total. The zero-order valence-electron chi connectivity index (χ0n) is 11.0. The van der Waals surface area contributed by atoms with E-state index in [-0.39, 0.29) is 11.6 Å². The summed E-state index contributed by atoms with van der Waals surface area (Å²) in [6.07, 6.45) is -3.80. The fourth-order valence-electron chi connectivity index (χ4n) is 2.21. The van der Waals surface area contributed by atoms with Crippen LogP contribution in [0.5, 0.6) is 0 Å². The van der Waals surface area contributed by atoms with Crippen molar-refractivity contribution in [2.24, 2.45) is 0 Å². The second-order valence-corrected chi connectivity index (χ2v) is 5.04. The largest absolute Gasteiger partial charge is 0.405 e. The van der Waals surface area contributed by atoms with Crippen LogP contribution < -0.4 is 4.90 Å². The molecule has 1 aliphatic carbocycles. The van der Waals surface area contributed by atoms with E-state index in [4.69, 9.17) is 5.26 Å². The lowest BCUT2D eigenvalue weighted by atomic mass is 10.0. The SMILES string of the molecule is C[C@H](O)c1ccc(C#N)cc1N(CC(F)(F)F)C1CC1. The van der Waals surface area contributed by atoms with Gasteiger partial charge in [-0.1, -0.05) is 6.07 Å². The maximum atomic E-state index is 12.7. The smallest absolute Gasteiger partial charge is 0.389 e. The number of nitrogens with zero attached hydrogens (tertiary/aromatic N) is 2. The fraction of sp³-hybridized carbons (Fsp3) is 0.500. The van der Waals surface area contributed by atoms with Crippen molar-refractivity contribution in [1.29, 1.82) is 5.26 Å². The Labute approximate surface area is 115 Å². The molecule has 1 aromatic carbocycles. The molecule has 1 atom stereocenters. The van der Waals surface area contributed by atoms with E-state index in [1.54, 1.807) is 0 Å². The van der Waals surface area contributed by atoms with E-state index in [1.165, 1.54) is 30.0 Å². The van der Waals surface area contributed by atoms with Gasteiger partial charge in [-0.25, -0.2) is 0 Å². The molecule has 1 aromatic rings. The highest BCUT2D eigenvalue weighted by Gasteiger charge is 2.39. The van der Waals surface area contributed by atoms with Crippen LogP contribution in [-0.2, 0) is 0 Å². The van der Waals surface area contributed by atoms with E-state index >= 15 is 0 Å². The third-order valence-corrected chi connectivity index (χ3v) is 3.26. The van der Waals surface area contributed by atoms with Gasteiger partial charge in [-0.15, -0.1) is 0 Å². The van der Waals surface area contributed by atoms with Crippen LogP contribution in [0.25, 0.3) is 0 Å². The van der Waals surface area contributed by atoms with Gasteiger partial charge in [0.15, 0.2) is 0 Å². The Balaban J connectivity index is 2.43. The molecule has 1 saturated carbocycles. The van der Waals surface area contributed by atoms with Gasteiger partial charge in [-0.3, -0.25) is 0 Å². The lowest BCUT2D eigenvalue weighted by molar-refractivity contribution is -0.120. The summed E-state index contributed by atoms with van der Waals surface area (Å²) in [7, 11) is 0. The Bertz CT molecular complexity index is 530.